The van der Waals surface area contributed by atoms with E-state index in [0.717, 1.165) is 8.61 Å². The van der Waals surface area contributed by atoms with Crippen LogP contribution in [0.5, 0.6) is 0 Å². The van der Waals surface area contributed by atoms with Gasteiger partial charge in [0, 0.05) is 26.2 Å². The van der Waals surface area contributed by atoms with Crippen LogP contribution in [0.3, 0.4) is 0 Å². The molecule has 0 aliphatic heterocycles. The minimum atomic E-state index is -3.91. The highest BCUT2D eigenvalue weighted by Gasteiger charge is 2.27. The molecule has 2 aromatic carbocycles. The highest BCUT2D eigenvalue weighted by molar-refractivity contribution is 7.90. The van der Waals surface area contributed by atoms with Gasteiger partial charge in [-0.1, -0.05) is 30.3 Å². The fourth-order valence-corrected chi connectivity index (χ4v) is 3.44. The molecule has 27 heavy (non-hydrogen) atoms. The Morgan fingerprint density at radius 2 is 1.78 bits per heavy atom. The minimum absolute atomic E-state index is 0.0426. The molecule has 0 radical (unpaired) electrons. The van der Waals surface area contributed by atoms with Crippen LogP contribution in [0.15, 0.2) is 61.2 Å². The van der Waals surface area contributed by atoms with Crippen molar-refractivity contribution in [2.75, 3.05) is 24.9 Å². The van der Waals surface area contributed by atoms with Gasteiger partial charge in [0.15, 0.2) is 0 Å². The van der Waals surface area contributed by atoms with E-state index in [0.29, 0.717) is 17.7 Å². The van der Waals surface area contributed by atoms with Crippen molar-refractivity contribution in [3.63, 3.8) is 0 Å². The van der Waals surface area contributed by atoms with Crippen LogP contribution in [-0.4, -0.2) is 39.3 Å². The van der Waals surface area contributed by atoms with E-state index < -0.39 is 16.0 Å². The van der Waals surface area contributed by atoms with Gasteiger partial charge in [0.25, 0.3) is 5.91 Å². The van der Waals surface area contributed by atoms with Gasteiger partial charge >= 0.3 is 10.2 Å². The maximum Gasteiger partial charge on any atom is 0.303 e. The molecule has 1 N–H and O–H groups in total. The lowest BCUT2D eigenvalue weighted by Gasteiger charge is -2.27. The molecule has 0 saturated carbocycles. The molecule has 0 spiro atoms. The van der Waals surface area contributed by atoms with E-state index in [2.05, 4.69) is 11.9 Å². The molecule has 0 fully saturated rings. The number of benzene rings is 2. The number of rotatable bonds is 8. The first-order valence-electron chi connectivity index (χ1n) is 8.20. The average Bonchev–Trinajstić information content (AvgIpc) is 2.65. The second-order valence-corrected chi connectivity index (χ2v) is 8.01. The fourth-order valence-electron chi connectivity index (χ4n) is 2.34. The average molecular weight is 391 g/mol. The third-order valence-electron chi connectivity index (χ3n) is 3.81. The fraction of sp³-hybridized carbons (Fsp3) is 0.211. The molecule has 144 valence electrons. The van der Waals surface area contributed by atoms with Crippen LogP contribution in [0.25, 0.3) is 0 Å². The van der Waals surface area contributed by atoms with Crippen LogP contribution in [-0.2, 0) is 16.8 Å². The molecule has 8 heteroatoms. The SMILES string of the molecule is C=CCNC(=O)c1ccc(CN(c2ccccc2F)S(=O)(=O)N(C)C)cc1. The number of para-hydroxylation sites is 1. The lowest BCUT2D eigenvalue weighted by Crippen LogP contribution is -2.40. The monoisotopic (exact) mass is 391 g/mol. The summed E-state index contributed by atoms with van der Waals surface area (Å²) in [5.74, 6) is -0.892. The molecule has 0 heterocycles. The minimum Gasteiger partial charge on any atom is -0.349 e. The summed E-state index contributed by atoms with van der Waals surface area (Å²) >= 11 is 0. The molecule has 2 rings (SSSR count). The first-order valence-corrected chi connectivity index (χ1v) is 9.60. The van der Waals surface area contributed by atoms with E-state index >= 15 is 0 Å². The van der Waals surface area contributed by atoms with Crippen molar-refractivity contribution in [2.45, 2.75) is 6.54 Å². The summed E-state index contributed by atoms with van der Waals surface area (Å²) < 4.78 is 41.6. The number of amides is 1. The van der Waals surface area contributed by atoms with E-state index in [1.54, 1.807) is 36.4 Å². The third-order valence-corrected chi connectivity index (χ3v) is 5.62. The van der Waals surface area contributed by atoms with Crippen molar-refractivity contribution in [1.29, 1.82) is 0 Å². The Bertz CT molecular complexity index is 912. The highest BCUT2D eigenvalue weighted by Crippen LogP contribution is 2.25. The molecular weight excluding hydrogens is 369 g/mol. The molecule has 0 atom stereocenters. The molecule has 0 aliphatic carbocycles. The number of nitrogens with one attached hydrogen (secondary N) is 1. The number of nitrogens with zero attached hydrogens (tertiary/aromatic N) is 2. The van der Waals surface area contributed by atoms with Gasteiger partial charge in [-0.2, -0.15) is 12.7 Å². The third kappa shape index (κ3) is 4.93. The van der Waals surface area contributed by atoms with E-state index in [1.807, 2.05) is 0 Å². The highest BCUT2D eigenvalue weighted by atomic mass is 32.2. The number of carbonyl (C=O) groups is 1. The predicted molar refractivity (Wildman–Crippen MR) is 104 cm³/mol. The summed E-state index contributed by atoms with van der Waals surface area (Å²) in [5, 5.41) is 2.66. The van der Waals surface area contributed by atoms with Crippen LogP contribution in [0, 0.1) is 5.82 Å². The Kier molecular flexibility index (Phi) is 6.70. The van der Waals surface area contributed by atoms with Crippen molar-refractivity contribution in [1.82, 2.24) is 9.62 Å². The van der Waals surface area contributed by atoms with Gasteiger partial charge in [-0.25, -0.2) is 4.39 Å². The van der Waals surface area contributed by atoms with Crippen LogP contribution < -0.4 is 9.62 Å². The predicted octanol–water partition coefficient (Wildman–Crippen LogP) is 2.55. The molecule has 6 nitrogen and oxygen atoms in total. The lowest BCUT2D eigenvalue weighted by molar-refractivity contribution is 0.0958. The topological polar surface area (TPSA) is 69.7 Å². The number of hydrogen-bond acceptors (Lipinski definition) is 3. The van der Waals surface area contributed by atoms with E-state index in [1.165, 1.54) is 32.3 Å². The summed E-state index contributed by atoms with van der Waals surface area (Å²) in [4.78, 5) is 11.9. The van der Waals surface area contributed by atoms with Crippen molar-refractivity contribution in [3.05, 3.63) is 78.1 Å². The zero-order chi connectivity index (χ0) is 20.0. The van der Waals surface area contributed by atoms with Gasteiger partial charge in [0.2, 0.25) is 0 Å². The van der Waals surface area contributed by atoms with Gasteiger partial charge < -0.3 is 5.32 Å². The molecule has 2 aromatic rings. The quantitative estimate of drug-likeness (QED) is 0.703. The molecule has 1 amide bonds. The first kappa shape index (κ1) is 20.6. The van der Waals surface area contributed by atoms with Gasteiger partial charge in [0.05, 0.1) is 12.2 Å². The van der Waals surface area contributed by atoms with Crippen LogP contribution >= 0.6 is 0 Å². The Labute approximate surface area is 159 Å². The normalized spacial score (nSPS) is 11.3. The summed E-state index contributed by atoms with van der Waals surface area (Å²) in [5.41, 5.74) is 1.01. The second kappa shape index (κ2) is 8.79. The van der Waals surface area contributed by atoms with Gasteiger partial charge in [0.1, 0.15) is 5.82 Å². The largest absolute Gasteiger partial charge is 0.349 e. The van der Waals surface area contributed by atoms with Crippen LogP contribution in [0.4, 0.5) is 10.1 Å². The lowest BCUT2D eigenvalue weighted by atomic mass is 10.1. The molecule has 0 unspecified atom stereocenters. The first-order chi connectivity index (χ1) is 12.8. The van der Waals surface area contributed by atoms with E-state index in [4.69, 9.17) is 0 Å². The van der Waals surface area contributed by atoms with Crippen molar-refractivity contribution < 1.29 is 17.6 Å². The standard InChI is InChI=1S/C19H22FN3O3S/c1-4-13-21-19(24)16-11-9-15(10-12-16)14-23(27(25,26)22(2)3)18-8-6-5-7-17(18)20/h4-12H,1,13-14H2,2-3H3,(H,21,24). The Balaban J connectivity index is 2.32. The zero-order valence-corrected chi connectivity index (χ0v) is 16.0. The van der Waals surface area contributed by atoms with E-state index in [9.17, 15) is 17.6 Å². The summed E-state index contributed by atoms with van der Waals surface area (Å²) in [6.45, 7) is 3.81. The molecule has 0 aromatic heterocycles. The number of anilines is 1. The van der Waals surface area contributed by atoms with Crippen molar-refractivity contribution >= 4 is 21.8 Å². The van der Waals surface area contributed by atoms with Gasteiger partial charge in [-0.3, -0.25) is 9.10 Å². The summed E-state index contributed by atoms with van der Waals surface area (Å²) in [6.07, 6.45) is 1.57. The molecule has 0 aliphatic rings. The van der Waals surface area contributed by atoms with E-state index in [-0.39, 0.29) is 18.1 Å². The second-order valence-electron chi connectivity index (χ2n) is 5.94. The van der Waals surface area contributed by atoms with Crippen molar-refractivity contribution in [2.24, 2.45) is 0 Å². The summed E-state index contributed by atoms with van der Waals surface area (Å²) in [7, 11) is -1.14. The maximum absolute atomic E-state index is 14.2. The Morgan fingerprint density at radius 1 is 1.15 bits per heavy atom. The number of carbonyl (C=O) groups excluding carboxylic acids is 1. The zero-order valence-electron chi connectivity index (χ0n) is 15.2. The number of halogens is 1. The molecule has 0 saturated heterocycles. The Hall–Kier alpha value is -2.71. The van der Waals surface area contributed by atoms with Crippen LogP contribution in [0.2, 0.25) is 0 Å². The summed E-state index contributed by atoms with van der Waals surface area (Å²) in [6, 6.07) is 12.2. The number of hydrogen-bond donors (Lipinski definition) is 1. The molecular formula is C19H22FN3O3S. The molecule has 0 bridgehead atoms. The van der Waals surface area contributed by atoms with Gasteiger partial charge in [-0.15, -0.1) is 6.58 Å². The Morgan fingerprint density at radius 3 is 2.33 bits per heavy atom. The maximum atomic E-state index is 14.2. The smallest absolute Gasteiger partial charge is 0.303 e. The van der Waals surface area contributed by atoms with Crippen molar-refractivity contribution in [3.8, 4) is 0 Å². The van der Waals surface area contributed by atoms with Gasteiger partial charge in [-0.05, 0) is 29.8 Å². The van der Waals surface area contributed by atoms with Crippen LogP contribution in [0.1, 0.15) is 15.9 Å².